The highest BCUT2D eigenvalue weighted by Crippen LogP contribution is 2.18. The van der Waals surface area contributed by atoms with E-state index in [-0.39, 0.29) is 11.9 Å². The maximum Gasteiger partial charge on any atom is 0.321 e. The Morgan fingerprint density at radius 1 is 1.25 bits per heavy atom. The molecule has 0 radical (unpaired) electrons. The van der Waals surface area contributed by atoms with Crippen LogP contribution in [-0.4, -0.2) is 29.9 Å². The standard InChI is InChI=1S/C15H22N4O/c1-11-6-7-12(14(16)17)10-13(11)18-15(20)19-8-4-2-3-5-9-19/h6-7,10H,2-5,8-9H2,1H3,(H3,16,17)(H,18,20). The van der Waals surface area contributed by atoms with Crippen molar-refractivity contribution in [2.75, 3.05) is 18.4 Å². The largest absolute Gasteiger partial charge is 0.384 e. The minimum atomic E-state index is -0.0595. The second-order valence-electron chi connectivity index (χ2n) is 5.27. The van der Waals surface area contributed by atoms with Crippen LogP contribution in [0.2, 0.25) is 0 Å². The van der Waals surface area contributed by atoms with Gasteiger partial charge in [0.2, 0.25) is 0 Å². The predicted octanol–water partition coefficient (Wildman–Crippen LogP) is 2.69. The van der Waals surface area contributed by atoms with E-state index in [2.05, 4.69) is 5.32 Å². The first-order valence-corrected chi connectivity index (χ1v) is 7.09. The van der Waals surface area contributed by atoms with Crippen molar-refractivity contribution in [3.05, 3.63) is 29.3 Å². The van der Waals surface area contributed by atoms with E-state index in [1.165, 1.54) is 12.8 Å². The summed E-state index contributed by atoms with van der Waals surface area (Å²) >= 11 is 0. The van der Waals surface area contributed by atoms with Crippen molar-refractivity contribution in [1.82, 2.24) is 4.90 Å². The summed E-state index contributed by atoms with van der Waals surface area (Å²) in [5.74, 6) is 0.00951. The van der Waals surface area contributed by atoms with Gasteiger partial charge < -0.3 is 16.0 Å². The molecule has 20 heavy (non-hydrogen) atoms. The minimum absolute atomic E-state index is 0.00951. The lowest BCUT2D eigenvalue weighted by Gasteiger charge is -2.21. The molecule has 0 spiro atoms. The van der Waals surface area contributed by atoms with E-state index >= 15 is 0 Å². The summed E-state index contributed by atoms with van der Waals surface area (Å²) < 4.78 is 0. The monoisotopic (exact) mass is 274 g/mol. The summed E-state index contributed by atoms with van der Waals surface area (Å²) in [6.45, 7) is 3.57. The molecule has 108 valence electrons. The van der Waals surface area contributed by atoms with Gasteiger partial charge in [0.25, 0.3) is 0 Å². The van der Waals surface area contributed by atoms with E-state index in [9.17, 15) is 4.79 Å². The maximum absolute atomic E-state index is 12.3. The van der Waals surface area contributed by atoms with Crippen LogP contribution < -0.4 is 11.1 Å². The number of amidine groups is 1. The Labute approximate surface area is 119 Å². The van der Waals surface area contributed by atoms with Gasteiger partial charge in [-0.1, -0.05) is 25.0 Å². The fourth-order valence-electron chi connectivity index (χ4n) is 2.39. The van der Waals surface area contributed by atoms with Crippen molar-refractivity contribution in [3.8, 4) is 0 Å². The highest BCUT2D eigenvalue weighted by molar-refractivity contribution is 5.97. The quantitative estimate of drug-likeness (QED) is 0.572. The van der Waals surface area contributed by atoms with Gasteiger partial charge in [-0.2, -0.15) is 0 Å². The smallest absolute Gasteiger partial charge is 0.321 e. The first-order chi connectivity index (χ1) is 9.58. The molecule has 0 bridgehead atoms. The van der Waals surface area contributed by atoms with Crippen LogP contribution in [-0.2, 0) is 0 Å². The SMILES string of the molecule is Cc1ccc(C(=N)N)cc1NC(=O)N1CCCCCC1. The number of anilines is 1. The number of benzene rings is 1. The van der Waals surface area contributed by atoms with E-state index < -0.39 is 0 Å². The number of nitrogens with one attached hydrogen (secondary N) is 2. The molecular formula is C15H22N4O. The number of amides is 2. The summed E-state index contributed by atoms with van der Waals surface area (Å²) in [6, 6.07) is 5.36. The zero-order valence-corrected chi connectivity index (χ0v) is 11.9. The van der Waals surface area contributed by atoms with Crippen LogP contribution in [0.25, 0.3) is 0 Å². The average molecular weight is 274 g/mol. The van der Waals surface area contributed by atoms with Gasteiger partial charge in [-0.3, -0.25) is 5.41 Å². The van der Waals surface area contributed by atoms with Gasteiger partial charge >= 0.3 is 6.03 Å². The maximum atomic E-state index is 12.3. The summed E-state index contributed by atoms with van der Waals surface area (Å²) in [5, 5.41) is 10.4. The third-order valence-electron chi connectivity index (χ3n) is 3.68. The van der Waals surface area contributed by atoms with Crippen LogP contribution in [0.4, 0.5) is 10.5 Å². The first kappa shape index (κ1) is 14.4. The van der Waals surface area contributed by atoms with E-state index in [4.69, 9.17) is 11.1 Å². The number of carbonyl (C=O) groups is 1. The zero-order chi connectivity index (χ0) is 14.5. The number of likely N-dealkylation sites (tertiary alicyclic amines) is 1. The van der Waals surface area contributed by atoms with E-state index in [0.29, 0.717) is 5.56 Å². The molecule has 0 saturated carbocycles. The van der Waals surface area contributed by atoms with Crippen molar-refractivity contribution in [3.63, 3.8) is 0 Å². The first-order valence-electron chi connectivity index (χ1n) is 7.09. The molecular weight excluding hydrogens is 252 g/mol. The van der Waals surface area contributed by atoms with Gasteiger partial charge in [-0.25, -0.2) is 4.79 Å². The summed E-state index contributed by atoms with van der Waals surface area (Å²) in [7, 11) is 0. The summed E-state index contributed by atoms with van der Waals surface area (Å²) in [5.41, 5.74) is 7.81. The molecule has 1 heterocycles. The van der Waals surface area contributed by atoms with Gasteiger partial charge in [0.15, 0.2) is 0 Å². The molecule has 0 atom stereocenters. The Balaban J connectivity index is 2.10. The number of nitrogen functional groups attached to an aromatic ring is 1. The van der Waals surface area contributed by atoms with Crippen LogP contribution in [0, 0.1) is 12.3 Å². The number of nitrogens with zero attached hydrogens (tertiary/aromatic N) is 1. The number of aryl methyl sites for hydroxylation is 1. The van der Waals surface area contributed by atoms with E-state index in [1.54, 1.807) is 12.1 Å². The third-order valence-corrected chi connectivity index (χ3v) is 3.68. The molecule has 1 aliphatic heterocycles. The lowest BCUT2D eigenvalue weighted by molar-refractivity contribution is 0.213. The van der Waals surface area contributed by atoms with Crippen molar-refractivity contribution in [1.29, 1.82) is 5.41 Å². The Hall–Kier alpha value is -2.04. The Morgan fingerprint density at radius 2 is 1.90 bits per heavy atom. The van der Waals surface area contributed by atoms with Crippen molar-refractivity contribution < 1.29 is 4.79 Å². The number of nitrogens with two attached hydrogens (primary N) is 1. The average Bonchev–Trinajstić information content (AvgIpc) is 2.70. The number of urea groups is 1. The molecule has 5 heteroatoms. The van der Waals surface area contributed by atoms with E-state index in [1.807, 2.05) is 17.9 Å². The number of hydrogen-bond donors (Lipinski definition) is 3. The molecule has 0 aromatic heterocycles. The van der Waals surface area contributed by atoms with Gasteiger partial charge in [-0.05, 0) is 31.4 Å². The molecule has 1 aliphatic rings. The summed E-state index contributed by atoms with van der Waals surface area (Å²) in [6.07, 6.45) is 4.53. The molecule has 4 N–H and O–H groups in total. The van der Waals surface area contributed by atoms with Crippen LogP contribution in [0.15, 0.2) is 18.2 Å². The topological polar surface area (TPSA) is 82.2 Å². The fraction of sp³-hybridized carbons (Fsp3) is 0.467. The lowest BCUT2D eigenvalue weighted by atomic mass is 10.1. The Bertz CT molecular complexity index is 505. The molecule has 1 fully saturated rings. The number of hydrogen-bond acceptors (Lipinski definition) is 2. The van der Waals surface area contributed by atoms with Gasteiger partial charge in [0.1, 0.15) is 5.84 Å². The summed E-state index contributed by atoms with van der Waals surface area (Å²) in [4.78, 5) is 14.2. The molecule has 0 aliphatic carbocycles. The van der Waals surface area contributed by atoms with Gasteiger partial charge in [-0.15, -0.1) is 0 Å². The lowest BCUT2D eigenvalue weighted by Crippen LogP contribution is -2.35. The number of carbonyl (C=O) groups excluding carboxylic acids is 1. The van der Waals surface area contributed by atoms with E-state index in [0.717, 1.165) is 37.2 Å². The van der Waals surface area contributed by atoms with Crippen LogP contribution in [0.1, 0.15) is 36.8 Å². The molecule has 1 aromatic rings. The van der Waals surface area contributed by atoms with Crippen LogP contribution in [0.5, 0.6) is 0 Å². The second kappa shape index (κ2) is 6.41. The van der Waals surface area contributed by atoms with Crippen LogP contribution in [0.3, 0.4) is 0 Å². The normalized spacial score (nSPS) is 15.6. The minimum Gasteiger partial charge on any atom is -0.384 e. The third kappa shape index (κ3) is 3.50. The van der Waals surface area contributed by atoms with Crippen molar-refractivity contribution in [2.24, 2.45) is 5.73 Å². The van der Waals surface area contributed by atoms with Crippen LogP contribution >= 0.6 is 0 Å². The Morgan fingerprint density at radius 3 is 2.50 bits per heavy atom. The molecule has 5 nitrogen and oxygen atoms in total. The molecule has 2 amide bonds. The molecule has 1 saturated heterocycles. The highest BCUT2D eigenvalue weighted by Gasteiger charge is 2.16. The van der Waals surface area contributed by atoms with Crippen molar-refractivity contribution >= 4 is 17.6 Å². The predicted molar refractivity (Wildman–Crippen MR) is 81.3 cm³/mol. The second-order valence-corrected chi connectivity index (χ2v) is 5.27. The highest BCUT2D eigenvalue weighted by atomic mass is 16.2. The molecule has 1 aromatic carbocycles. The fourth-order valence-corrected chi connectivity index (χ4v) is 2.39. The zero-order valence-electron chi connectivity index (χ0n) is 11.9. The number of rotatable bonds is 2. The Kier molecular flexibility index (Phi) is 4.61. The van der Waals surface area contributed by atoms with Crippen molar-refractivity contribution in [2.45, 2.75) is 32.6 Å². The van der Waals surface area contributed by atoms with Gasteiger partial charge in [0, 0.05) is 24.3 Å². The molecule has 2 rings (SSSR count). The molecule has 0 unspecified atom stereocenters. The van der Waals surface area contributed by atoms with Gasteiger partial charge in [0.05, 0.1) is 0 Å².